The van der Waals surface area contributed by atoms with E-state index in [1.807, 2.05) is 6.92 Å². The average molecular weight is 354 g/mol. The van der Waals surface area contributed by atoms with Gasteiger partial charge in [-0.2, -0.15) is 0 Å². The highest BCUT2D eigenvalue weighted by Crippen LogP contribution is 2.26. The Morgan fingerprint density at radius 2 is 1.81 bits per heavy atom. The maximum absolute atomic E-state index is 12.8. The summed E-state index contributed by atoms with van der Waals surface area (Å²) in [5.74, 6) is 1.17. The monoisotopic (exact) mass is 354 g/mol. The van der Waals surface area contributed by atoms with E-state index in [0.29, 0.717) is 43.6 Å². The van der Waals surface area contributed by atoms with Crippen molar-refractivity contribution in [2.75, 3.05) is 31.6 Å². The van der Waals surface area contributed by atoms with Crippen molar-refractivity contribution in [1.29, 1.82) is 0 Å². The second-order valence-corrected chi connectivity index (χ2v) is 6.37. The fraction of sp³-hybridized carbons (Fsp3) is 0.450. The van der Waals surface area contributed by atoms with E-state index < -0.39 is 0 Å². The van der Waals surface area contributed by atoms with Gasteiger partial charge in [0.15, 0.2) is 0 Å². The van der Waals surface area contributed by atoms with E-state index >= 15 is 0 Å². The van der Waals surface area contributed by atoms with Gasteiger partial charge >= 0.3 is 0 Å². The van der Waals surface area contributed by atoms with Crippen LogP contribution in [0.2, 0.25) is 0 Å². The van der Waals surface area contributed by atoms with E-state index in [0.717, 1.165) is 18.5 Å². The van der Waals surface area contributed by atoms with Crippen LogP contribution in [0.25, 0.3) is 0 Å². The number of benzene rings is 1. The van der Waals surface area contributed by atoms with E-state index in [1.54, 1.807) is 11.0 Å². The molecule has 0 atom stereocenters. The van der Waals surface area contributed by atoms with Crippen LogP contribution in [-0.4, -0.2) is 47.1 Å². The van der Waals surface area contributed by atoms with Crippen LogP contribution in [0, 0.1) is 6.92 Å². The van der Waals surface area contributed by atoms with Crippen molar-refractivity contribution < 1.29 is 9.53 Å². The summed E-state index contributed by atoms with van der Waals surface area (Å²) in [6.45, 7) is 8.44. The summed E-state index contributed by atoms with van der Waals surface area (Å²) in [7, 11) is 0. The molecule has 138 valence electrons. The number of nitrogens with one attached hydrogen (secondary N) is 1. The maximum Gasteiger partial charge on any atom is 0.272 e. The number of nitrogens with zero attached hydrogens (tertiary/aromatic N) is 3. The molecule has 1 amide bonds. The number of aromatic nitrogens is 2. The number of anilines is 2. The van der Waals surface area contributed by atoms with Crippen LogP contribution in [0.4, 0.5) is 11.5 Å². The molecule has 0 aliphatic carbocycles. The van der Waals surface area contributed by atoms with Crippen LogP contribution in [0.5, 0.6) is 0 Å². The molecule has 0 spiro atoms. The topological polar surface area (TPSA) is 67.4 Å². The Hall–Kier alpha value is -2.47. The Kier molecular flexibility index (Phi) is 5.83. The molecule has 0 bridgehead atoms. The summed E-state index contributed by atoms with van der Waals surface area (Å²) < 4.78 is 5.32. The van der Waals surface area contributed by atoms with Gasteiger partial charge in [0.25, 0.3) is 5.91 Å². The second kappa shape index (κ2) is 8.27. The molecule has 1 aliphatic heterocycles. The number of carbonyl (C=O) groups excluding carboxylic acids is 1. The molecule has 0 unspecified atom stereocenters. The van der Waals surface area contributed by atoms with Gasteiger partial charge in [-0.15, -0.1) is 0 Å². The Morgan fingerprint density at radius 1 is 1.15 bits per heavy atom. The van der Waals surface area contributed by atoms with Crippen molar-refractivity contribution >= 4 is 17.4 Å². The summed E-state index contributed by atoms with van der Waals surface area (Å²) in [5, 5.41) is 3.44. The number of hydrogen-bond acceptors (Lipinski definition) is 5. The van der Waals surface area contributed by atoms with Gasteiger partial charge in [-0.25, -0.2) is 9.97 Å². The van der Waals surface area contributed by atoms with Crippen molar-refractivity contribution in [1.82, 2.24) is 14.9 Å². The van der Waals surface area contributed by atoms with Crippen LogP contribution in [0.15, 0.2) is 24.3 Å². The first-order valence-electron chi connectivity index (χ1n) is 9.22. The lowest BCUT2D eigenvalue weighted by atomic mass is 10.0. The predicted molar refractivity (Wildman–Crippen MR) is 102 cm³/mol. The highest BCUT2D eigenvalue weighted by molar-refractivity contribution is 5.93. The van der Waals surface area contributed by atoms with Gasteiger partial charge in [-0.1, -0.05) is 32.0 Å². The molecule has 6 nitrogen and oxygen atoms in total. The Bertz CT molecular complexity index is 763. The molecular weight excluding hydrogens is 328 g/mol. The highest BCUT2D eigenvalue weighted by atomic mass is 16.5. The van der Waals surface area contributed by atoms with Crippen LogP contribution in [-0.2, 0) is 17.6 Å². The van der Waals surface area contributed by atoms with Gasteiger partial charge in [-0.3, -0.25) is 4.79 Å². The molecule has 6 heteroatoms. The molecule has 2 aromatic rings. The number of amides is 1. The summed E-state index contributed by atoms with van der Waals surface area (Å²) in [4.78, 5) is 23.4. The number of aryl methyl sites for hydroxylation is 3. The lowest BCUT2D eigenvalue weighted by Crippen LogP contribution is -2.41. The molecule has 1 aromatic carbocycles. The summed E-state index contributed by atoms with van der Waals surface area (Å²) in [5.41, 5.74) is 3.98. The molecular formula is C20H26N4O2. The van der Waals surface area contributed by atoms with Gasteiger partial charge in [0.05, 0.1) is 13.2 Å². The van der Waals surface area contributed by atoms with E-state index in [9.17, 15) is 4.79 Å². The smallest absolute Gasteiger partial charge is 0.272 e. The normalized spacial score (nSPS) is 14.3. The van der Waals surface area contributed by atoms with Gasteiger partial charge in [0.2, 0.25) is 0 Å². The molecule has 1 fully saturated rings. The summed E-state index contributed by atoms with van der Waals surface area (Å²) >= 11 is 0. The maximum atomic E-state index is 12.8. The second-order valence-electron chi connectivity index (χ2n) is 6.37. The zero-order valence-corrected chi connectivity index (χ0v) is 15.7. The standard InChI is InChI=1S/C20H26N4O2/c1-4-15-7-6-8-16(5-2)19(15)23-18-13-17(21-14(3)22-18)20(25)24-9-11-26-12-10-24/h6-8,13H,4-5,9-12H2,1-3H3,(H,21,22,23). The molecule has 2 heterocycles. The summed E-state index contributed by atoms with van der Waals surface area (Å²) in [6, 6.07) is 8.07. The zero-order valence-electron chi connectivity index (χ0n) is 15.7. The first-order valence-corrected chi connectivity index (χ1v) is 9.22. The molecule has 1 aromatic heterocycles. The molecule has 0 radical (unpaired) electrons. The fourth-order valence-electron chi connectivity index (χ4n) is 3.20. The van der Waals surface area contributed by atoms with Crippen LogP contribution < -0.4 is 5.32 Å². The number of hydrogen-bond donors (Lipinski definition) is 1. The third kappa shape index (κ3) is 4.02. The van der Waals surface area contributed by atoms with Crippen molar-refractivity contribution in [2.24, 2.45) is 0 Å². The molecule has 1 saturated heterocycles. The third-order valence-electron chi connectivity index (χ3n) is 4.61. The first kappa shape index (κ1) is 18.3. The number of ether oxygens (including phenoxy) is 1. The van der Waals surface area contributed by atoms with E-state index in [1.165, 1.54) is 11.1 Å². The van der Waals surface area contributed by atoms with Crippen molar-refractivity contribution in [3.63, 3.8) is 0 Å². The van der Waals surface area contributed by atoms with Crippen LogP contribution in [0.1, 0.15) is 41.3 Å². The minimum atomic E-state index is -0.0682. The molecule has 3 rings (SSSR count). The average Bonchev–Trinajstić information content (AvgIpc) is 2.67. The highest BCUT2D eigenvalue weighted by Gasteiger charge is 2.21. The predicted octanol–water partition coefficient (Wildman–Crippen LogP) is 3.13. The number of carbonyl (C=O) groups is 1. The molecule has 1 N–H and O–H groups in total. The van der Waals surface area contributed by atoms with E-state index in [-0.39, 0.29) is 5.91 Å². The minimum Gasteiger partial charge on any atom is -0.378 e. The van der Waals surface area contributed by atoms with Crippen molar-refractivity contribution in [3.8, 4) is 0 Å². The Labute approximate surface area is 154 Å². The van der Waals surface area contributed by atoms with Crippen LogP contribution >= 0.6 is 0 Å². The van der Waals surface area contributed by atoms with Gasteiger partial charge in [0, 0.05) is 24.8 Å². The fourth-order valence-corrected chi connectivity index (χ4v) is 3.20. The Balaban J connectivity index is 1.90. The number of para-hydroxylation sites is 1. The van der Waals surface area contributed by atoms with E-state index in [2.05, 4.69) is 47.3 Å². The van der Waals surface area contributed by atoms with Gasteiger partial charge < -0.3 is 15.0 Å². The van der Waals surface area contributed by atoms with Crippen molar-refractivity contribution in [2.45, 2.75) is 33.6 Å². The Morgan fingerprint density at radius 3 is 2.42 bits per heavy atom. The van der Waals surface area contributed by atoms with Gasteiger partial charge in [0.1, 0.15) is 17.3 Å². The number of morpholine rings is 1. The minimum absolute atomic E-state index is 0.0682. The largest absolute Gasteiger partial charge is 0.378 e. The SMILES string of the molecule is CCc1cccc(CC)c1Nc1cc(C(=O)N2CCOCC2)nc(C)n1. The quantitative estimate of drug-likeness (QED) is 0.893. The van der Waals surface area contributed by atoms with Gasteiger partial charge in [-0.05, 0) is 30.9 Å². The summed E-state index contributed by atoms with van der Waals surface area (Å²) in [6.07, 6.45) is 1.86. The molecule has 26 heavy (non-hydrogen) atoms. The number of rotatable bonds is 5. The lowest BCUT2D eigenvalue weighted by Gasteiger charge is -2.26. The van der Waals surface area contributed by atoms with Crippen molar-refractivity contribution in [3.05, 3.63) is 46.9 Å². The zero-order chi connectivity index (χ0) is 18.5. The molecule has 1 aliphatic rings. The first-order chi connectivity index (χ1) is 12.6. The lowest BCUT2D eigenvalue weighted by molar-refractivity contribution is 0.0299. The molecule has 0 saturated carbocycles. The van der Waals surface area contributed by atoms with Crippen LogP contribution in [0.3, 0.4) is 0 Å². The van der Waals surface area contributed by atoms with E-state index in [4.69, 9.17) is 4.74 Å². The third-order valence-corrected chi connectivity index (χ3v) is 4.61.